The van der Waals surface area contributed by atoms with E-state index in [0.717, 1.165) is 5.56 Å². The van der Waals surface area contributed by atoms with Crippen LogP contribution in [0.1, 0.15) is 25.8 Å². The second kappa shape index (κ2) is 9.63. The molecule has 2 unspecified atom stereocenters. The fourth-order valence-electron chi connectivity index (χ4n) is 1.86. The number of benzene rings is 1. The highest BCUT2D eigenvalue weighted by Gasteiger charge is 2.24. The van der Waals surface area contributed by atoms with Gasteiger partial charge in [-0.25, -0.2) is 4.79 Å². The zero-order valence-corrected chi connectivity index (χ0v) is 13.6. The number of aliphatic carboxylic acids is 1. The largest absolute Gasteiger partial charge is 0.480 e. The molecule has 1 aromatic carbocycles. The molecule has 0 saturated heterocycles. The molecule has 0 aliphatic carbocycles. The van der Waals surface area contributed by atoms with Gasteiger partial charge in [-0.2, -0.15) is 0 Å². The van der Waals surface area contributed by atoms with Gasteiger partial charge in [-0.1, -0.05) is 32.4 Å². The van der Waals surface area contributed by atoms with Crippen LogP contribution in [0.15, 0.2) is 30.3 Å². The summed E-state index contributed by atoms with van der Waals surface area (Å²) in [5.41, 5.74) is 0.806. The Morgan fingerprint density at radius 2 is 1.96 bits per heavy atom. The van der Waals surface area contributed by atoms with Gasteiger partial charge in [0.25, 0.3) is 0 Å². The van der Waals surface area contributed by atoms with Gasteiger partial charge in [0.1, 0.15) is 11.8 Å². The number of carbonyl (C=O) groups is 2. The minimum absolute atomic E-state index is 0.137. The molecule has 0 aromatic heterocycles. The molecule has 6 nitrogen and oxygen atoms in total. The first-order valence-electron chi connectivity index (χ1n) is 7.41. The number of rotatable bonds is 9. The smallest absolute Gasteiger partial charge is 0.326 e. The second-order valence-electron chi connectivity index (χ2n) is 5.16. The molecule has 1 aromatic rings. The highest BCUT2D eigenvalue weighted by Crippen LogP contribution is 2.13. The first-order valence-corrected chi connectivity index (χ1v) is 7.41. The van der Waals surface area contributed by atoms with Gasteiger partial charge in [-0.05, 0) is 29.7 Å². The van der Waals surface area contributed by atoms with E-state index in [9.17, 15) is 9.59 Å². The van der Waals surface area contributed by atoms with Crippen molar-refractivity contribution in [1.82, 2.24) is 5.32 Å². The van der Waals surface area contributed by atoms with Crippen molar-refractivity contribution in [3.8, 4) is 5.75 Å². The van der Waals surface area contributed by atoms with Crippen LogP contribution in [0, 0.1) is 5.92 Å². The summed E-state index contributed by atoms with van der Waals surface area (Å²) < 4.78 is 10.1. The third-order valence-corrected chi connectivity index (χ3v) is 3.43. The van der Waals surface area contributed by atoms with E-state index in [4.69, 9.17) is 14.6 Å². The zero-order chi connectivity index (χ0) is 17.2. The molecule has 1 rings (SSSR count). The first-order chi connectivity index (χ1) is 11.0. The Labute approximate surface area is 136 Å². The normalized spacial score (nSPS) is 13.5. The molecule has 0 spiro atoms. The lowest BCUT2D eigenvalue weighted by molar-refractivity contribution is -0.142. The second-order valence-corrected chi connectivity index (χ2v) is 5.16. The van der Waals surface area contributed by atoms with Crippen molar-refractivity contribution in [2.45, 2.75) is 26.3 Å². The summed E-state index contributed by atoms with van der Waals surface area (Å²) in [6, 6.07) is 6.21. The molecule has 0 saturated carbocycles. The Morgan fingerprint density at radius 1 is 1.30 bits per heavy atom. The topological polar surface area (TPSA) is 84.9 Å². The van der Waals surface area contributed by atoms with Gasteiger partial charge >= 0.3 is 5.97 Å². The van der Waals surface area contributed by atoms with Gasteiger partial charge in [0.05, 0.1) is 0 Å². The van der Waals surface area contributed by atoms with Crippen LogP contribution in [0.25, 0.3) is 6.08 Å². The fraction of sp³-hybridized carbons (Fsp3) is 0.412. The van der Waals surface area contributed by atoms with E-state index in [-0.39, 0.29) is 12.7 Å². The number of nitrogens with one attached hydrogen (secondary N) is 1. The average Bonchev–Trinajstić information content (AvgIpc) is 2.55. The summed E-state index contributed by atoms with van der Waals surface area (Å²) in [7, 11) is 1.54. The summed E-state index contributed by atoms with van der Waals surface area (Å²) >= 11 is 0. The van der Waals surface area contributed by atoms with Crippen LogP contribution in [0.3, 0.4) is 0 Å². The summed E-state index contributed by atoms with van der Waals surface area (Å²) in [6.45, 7) is 3.85. The number of carboxylic acid groups (broad SMARTS) is 1. The Kier molecular flexibility index (Phi) is 7.83. The van der Waals surface area contributed by atoms with Crippen molar-refractivity contribution in [3.63, 3.8) is 0 Å². The van der Waals surface area contributed by atoms with Crippen LogP contribution >= 0.6 is 0 Å². The minimum Gasteiger partial charge on any atom is -0.480 e. The summed E-state index contributed by atoms with van der Waals surface area (Å²) in [5.74, 6) is -0.934. The van der Waals surface area contributed by atoms with E-state index in [1.54, 1.807) is 44.4 Å². The van der Waals surface area contributed by atoms with E-state index in [1.807, 2.05) is 6.92 Å². The van der Waals surface area contributed by atoms with Crippen LogP contribution in [-0.4, -0.2) is 36.9 Å². The van der Waals surface area contributed by atoms with Crippen LogP contribution in [-0.2, 0) is 14.3 Å². The Bertz CT molecular complexity index is 538. The van der Waals surface area contributed by atoms with E-state index in [1.165, 1.54) is 6.08 Å². The highest BCUT2D eigenvalue weighted by molar-refractivity contribution is 5.94. The number of methoxy groups -OCH3 is 1. The van der Waals surface area contributed by atoms with Gasteiger partial charge in [0.2, 0.25) is 5.91 Å². The molecular weight excluding hydrogens is 298 g/mol. The van der Waals surface area contributed by atoms with Crippen LogP contribution in [0.4, 0.5) is 0 Å². The Hall–Kier alpha value is -2.34. The van der Waals surface area contributed by atoms with Crippen molar-refractivity contribution < 1.29 is 24.2 Å². The highest BCUT2D eigenvalue weighted by atomic mass is 16.7. The lowest BCUT2D eigenvalue weighted by Crippen LogP contribution is -2.44. The molecule has 0 bridgehead atoms. The van der Waals surface area contributed by atoms with Crippen molar-refractivity contribution in [1.29, 1.82) is 0 Å². The number of carboxylic acids is 1. The average molecular weight is 321 g/mol. The van der Waals surface area contributed by atoms with Crippen molar-refractivity contribution in [2.24, 2.45) is 5.92 Å². The Balaban J connectivity index is 2.61. The number of hydrogen-bond donors (Lipinski definition) is 2. The van der Waals surface area contributed by atoms with Gasteiger partial charge < -0.3 is 19.9 Å². The van der Waals surface area contributed by atoms with Crippen LogP contribution in [0.2, 0.25) is 0 Å². The molecule has 0 heterocycles. The maximum atomic E-state index is 11.9. The number of amides is 1. The third kappa shape index (κ3) is 6.52. The molecule has 1 amide bonds. The molecule has 2 N–H and O–H groups in total. The van der Waals surface area contributed by atoms with Crippen LogP contribution in [0.5, 0.6) is 5.75 Å². The lowest BCUT2D eigenvalue weighted by Gasteiger charge is -2.19. The number of carbonyl (C=O) groups excluding carboxylic acids is 1. The predicted octanol–water partition coefficient (Wildman–Crippen LogP) is 2.30. The molecule has 0 aliphatic heterocycles. The molecule has 2 atom stereocenters. The molecular formula is C17H23NO5. The predicted molar refractivity (Wildman–Crippen MR) is 87.0 cm³/mol. The van der Waals surface area contributed by atoms with Crippen molar-refractivity contribution in [2.75, 3.05) is 13.9 Å². The number of hydrogen-bond acceptors (Lipinski definition) is 4. The molecule has 0 aliphatic rings. The molecule has 23 heavy (non-hydrogen) atoms. The molecule has 6 heteroatoms. The Morgan fingerprint density at radius 3 is 2.48 bits per heavy atom. The standard InChI is InChI=1S/C17H23NO5/c1-4-12(2)16(17(20)21)18-15(19)10-7-13-5-8-14(9-6-13)23-11-22-3/h5-10,12,16H,4,11H2,1-3H3,(H,18,19)(H,20,21)/b10-7+. The van der Waals surface area contributed by atoms with Gasteiger partial charge in [0, 0.05) is 13.2 Å². The minimum atomic E-state index is -1.03. The maximum Gasteiger partial charge on any atom is 0.326 e. The van der Waals surface area contributed by atoms with Crippen LogP contribution < -0.4 is 10.1 Å². The SMILES string of the molecule is CCC(C)C(NC(=O)/C=C/c1ccc(OCOC)cc1)C(=O)O. The van der Waals surface area contributed by atoms with Gasteiger partial charge in [-0.3, -0.25) is 4.79 Å². The molecule has 0 fully saturated rings. The fourth-order valence-corrected chi connectivity index (χ4v) is 1.86. The van der Waals surface area contributed by atoms with Gasteiger partial charge in [-0.15, -0.1) is 0 Å². The van der Waals surface area contributed by atoms with Crippen molar-refractivity contribution in [3.05, 3.63) is 35.9 Å². The third-order valence-electron chi connectivity index (χ3n) is 3.43. The summed E-state index contributed by atoms with van der Waals surface area (Å²) in [6.07, 6.45) is 3.61. The number of ether oxygens (including phenoxy) is 2. The van der Waals surface area contributed by atoms with E-state index in [2.05, 4.69) is 5.32 Å². The lowest BCUT2D eigenvalue weighted by atomic mass is 9.99. The van der Waals surface area contributed by atoms with Gasteiger partial charge in [0.15, 0.2) is 6.79 Å². The summed E-state index contributed by atoms with van der Waals surface area (Å²) in [4.78, 5) is 23.0. The molecule has 0 radical (unpaired) electrons. The first kappa shape index (κ1) is 18.7. The van der Waals surface area contributed by atoms with Crippen molar-refractivity contribution >= 4 is 18.0 Å². The maximum absolute atomic E-state index is 11.9. The monoisotopic (exact) mass is 321 g/mol. The zero-order valence-electron chi connectivity index (χ0n) is 13.6. The quantitative estimate of drug-likeness (QED) is 0.538. The molecule has 126 valence electrons. The summed E-state index contributed by atoms with van der Waals surface area (Å²) in [5, 5.41) is 11.7. The van der Waals surface area contributed by atoms with E-state index < -0.39 is 17.9 Å². The van der Waals surface area contributed by atoms with E-state index in [0.29, 0.717) is 12.2 Å². The van der Waals surface area contributed by atoms with E-state index >= 15 is 0 Å².